The molecule has 1 aromatic heterocycles. The molecule has 0 aliphatic heterocycles. The van der Waals surface area contributed by atoms with Gasteiger partial charge in [-0.25, -0.2) is 15.0 Å². The van der Waals surface area contributed by atoms with Crippen molar-refractivity contribution in [3.63, 3.8) is 0 Å². The van der Waals surface area contributed by atoms with E-state index in [4.69, 9.17) is 21.8 Å². The molecule has 3 heteroatoms. The topological polar surface area (TPSA) is 38.7 Å². The van der Waals surface area contributed by atoms with E-state index < -0.39 is 6.04 Å². The average Bonchev–Trinajstić information content (AvgIpc) is 3.27. The Hall–Kier alpha value is -6.97. The molecular weight excluding hydrogens is 631 g/mol. The lowest BCUT2D eigenvalue weighted by molar-refractivity contribution is 1.08. The van der Waals surface area contributed by atoms with E-state index in [1.165, 1.54) is 0 Å². The zero-order chi connectivity index (χ0) is 38.8. The van der Waals surface area contributed by atoms with Crippen LogP contribution in [0.1, 0.15) is 6.85 Å². The van der Waals surface area contributed by atoms with Gasteiger partial charge in [0.15, 0.2) is 17.5 Å². The predicted molar refractivity (Wildman–Crippen MR) is 217 cm³/mol. The number of hydrogen-bond donors (Lipinski definition) is 0. The van der Waals surface area contributed by atoms with Gasteiger partial charge in [-0.2, -0.15) is 0 Å². The van der Waals surface area contributed by atoms with E-state index in [9.17, 15) is 0 Å². The molecule has 0 atom stereocenters. The number of hydrogen-bond acceptors (Lipinski definition) is 3. The highest BCUT2D eigenvalue weighted by atomic mass is 15.0. The third-order valence-corrected chi connectivity index (χ3v) is 9.76. The first-order valence-corrected chi connectivity index (χ1v) is 17.2. The summed E-state index contributed by atoms with van der Waals surface area (Å²) in [5.74, 6) is 1.75. The molecule has 52 heavy (non-hydrogen) atoms. The van der Waals surface area contributed by atoms with Gasteiger partial charge >= 0.3 is 0 Å². The van der Waals surface area contributed by atoms with Crippen molar-refractivity contribution in [2.45, 2.75) is 0 Å². The monoisotopic (exact) mass is 666 g/mol. The van der Waals surface area contributed by atoms with Crippen LogP contribution >= 0.6 is 0 Å². The molecule has 10 rings (SSSR count). The van der Waals surface area contributed by atoms with Crippen molar-refractivity contribution in [1.29, 1.82) is 0 Å². The number of benzene rings is 9. The van der Waals surface area contributed by atoms with E-state index in [1.54, 1.807) is 0 Å². The Labute approximate surface area is 308 Å². The summed E-state index contributed by atoms with van der Waals surface area (Å²) in [4.78, 5) is 15.6. The smallest absolute Gasteiger partial charge is 0.164 e. The van der Waals surface area contributed by atoms with Crippen molar-refractivity contribution in [3.05, 3.63) is 188 Å². The molecule has 0 aliphatic carbocycles. The second-order valence-electron chi connectivity index (χ2n) is 12.9. The fourth-order valence-electron chi connectivity index (χ4n) is 7.22. The molecule has 0 saturated heterocycles. The molecule has 0 radical (unpaired) electrons. The van der Waals surface area contributed by atoms with E-state index in [0.29, 0.717) is 23.0 Å². The van der Waals surface area contributed by atoms with Gasteiger partial charge in [0.1, 0.15) is 0 Å². The number of rotatable bonds is 5. The van der Waals surface area contributed by atoms with Gasteiger partial charge in [0, 0.05) is 22.1 Å². The number of fused-ring (bicyclic) bond motifs is 5. The van der Waals surface area contributed by atoms with Crippen molar-refractivity contribution in [2.24, 2.45) is 0 Å². The van der Waals surface area contributed by atoms with Crippen molar-refractivity contribution in [1.82, 2.24) is 15.0 Å². The van der Waals surface area contributed by atoms with Crippen LogP contribution in [0.4, 0.5) is 0 Å². The first-order chi connectivity index (χ1) is 27.8. The quantitative estimate of drug-likeness (QED) is 0.172. The Bertz CT molecular complexity index is 3240. The van der Waals surface area contributed by atoms with Crippen molar-refractivity contribution < 1.29 is 6.85 Å². The van der Waals surface area contributed by atoms with Gasteiger partial charge in [0.25, 0.3) is 0 Å². The van der Waals surface area contributed by atoms with Gasteiger partial charge in [-0.15, -0.1) is 0 Å². The van der Waals surface area contributed by atoms with Crippen LogP contribution in [0.5, 0.6) is 0 Å². The SMILES string of the molecule is [2H]c1c([2H])c([2H])c(-c2ccc3cc(-c4cccc(-c5nc(-c6cccc7ccccc67)nc(-c6cccc7ccc8ccccc8c67)n5)c4)ccc3c2)c([2H])c1[2H]. The molecule has 1 heterocycles. The molecule has 0 N–H and O–H groups in total. The lowest BCUT2D eigenvalue weighted by atomic mass is 9.96. The molecule has 0 bridgehead atoms. The molecule has 0 saturated carbocycles. The second kappa shape index (κ2) is 12.4. The van der Waals surface area contributed by atoms with E-state index in [2.05, 4.69) is 97.1 Å². The Kier molecular flexibility index (Phi) is 5.98. The second-order valence-corrected chi connectivity index (χ2v) is 12.9. The summed E-state index contributed by atoms with van der Waals surface area (Å²) in [6.45, 7) is 0. The normalized spacial score (nSPS) is 12.8. The Morgan fingerprint density at radius 2 is 0.846 bits per heavy atom. The van der Waals surface area contributed by atoms with Gasteiger partial charge in [-0.05, 0) is 78.2 Å². The molecule has 0 unspecified atom stereocenters. The maximum atomic E-state index is 8.46. The lowest BCUT2D eigenvalue weighted by Gasteiger charge is -2.13. The van der Waals surface area contributed by atoms with Crippen LogP contribution in [-0.4, -0.2) is 15.0 Å². The van der Waals surface area contributed by atoms with Gasteiger partial charge in [-0.3, -0.25) is 0 Å². The zero-order valence-corrected chi connectivity index (χ0v) is 27.9. The summed E-state index contributed by atoms with van der Waals surface area (Å²) in [6, 6.07) is 51.9. The minimum atomic E-state index is -0.401. The minimum absolute atomic E-state index is 0.191. The van der Waals surface area contributed by atoms with Crippen LogP contribution < -0.4 is 0 Å². The summed E-state index contributed by atoms with van der Waals surface area (Å²) >= 11 is 0. The third-order valence-electron chi connectivity index (χ3n) is 9.76. The Morgan fingerprint density at radius 1 is 0.327 bits per heavy atom. The number of aromatic nitrogens is 3. The molecule has 9 aromatic carbocycles. The highest BCUT2D eigenvalue weighted by molar-refractivity contribution is 6.13. The predicted octanol–water partition coefficient (Wildman–Crippen LogP) is 12.8. The van der Waals surface area contributed by atoms with Crippen molar-refractivity contribution >= 4 is 43.1 Å². The molecule has 0 spiro atoms. The fourth-order valence-corrected chi connectivity index (χ4v) is 7.22. The van der Waals surface area contributed by atoms with Crippen molar-refractivity contribution in [2.75, 3.05) is 0 Å². The first-order valence-electron chi connectivity index (χ1n) is 19.7. The maximum absolute atomic E-state index is 8.46. The van der Waals surface area contributed by atoms with Crippen LogP contribution in [0.25, 0.3) is 99.5 Å². The zero-order valence-electron chi connectivity index (χ0n) is 32.9. The largest absolute Gasteiger partial charge is 0.208 e. The van der Waals surface area contributed by atoms with E-state index >= 15 is 0 Å². The van der Waals surface area contributed by atoms with Gasteiger partial charge in [0.2, 0.25) is 0 Å². The summed E-state index contributed by atoms with van der Waals surface area (Å²) in [7, 11) is 0. The summed E-state index contributed by atoms with van der Waals surface area (Å²) in [5.41, 5.74) is 5.44. The summed E-state index contributed by atoms with van der Waals surface area (Å²) in [5, 5.41) is 8.50. The first kappa shape index (κ1) is 25.1. The van der Waals surface area contributed by atoms with Gasteiger partial charge in [0.05, 0.1) is 6.85 Å². The van der Waals surface area contributed by atoms with Crippen LogP contribution in [0, 0.1) is 0 Å². The maximum Gasteiger partial charge on any atom is 0.164 e. The van der Waals surface area contributed by atoms with E-state index in [0.717, 1.165) is 70.9 Å². The molecule has 0 fully saturated rings. The lowest BCUT2D eigenvalue weighted by Crippen LogP contribution is -2.01. The third kappa shape index (κ3) is 5.28. The van der Waals surface area contributed by atoms with Crippen LogP contribution in [0.2, 0.25) is 0 Å². The summed E-state index contributed by atoms with van der Waals surface area (Å²) in [6.07, 6.45) is 0. The molecule has 0 amide bonds. The average molecular weight is 667 g/mol. The number of nitrogens with zero attached hydrogens (tertiary/aromatic N) is 3. The molecule has 0 aliphatic rings. The van der Waals surface area contributed by atoms with E-state index in [1.807, 2.05) is 60.7 Å². The molecule has 10 aromatic rings. The van der Waals surface area contributed by atoms with Crippen LogP contribution in [-0.2, 0) is 0 Å². The standard InChI is InChI=1S/C49H31N3/c1-2-11-32(12-3-1)37-25-26-40-30-38(27-28-39(40)29-37)36-17-8-18-41(31-36)47-50-48(44-21-9-15-33-13-4-6-19-42(33)44)52-49(51-47)45-22-10-16-35-24-23-34-14-5-7-20-43(34)46(35)45/h1-31H/i1D,2D,3D,11D,12D. The van der Waals surface area contributed by atoms with Gasteiger partial charge < -0.3 is 0 Å². The highest BCUT2D eigenvalue weighted by Gasteiger charge is 2.17. The minimum Gasteiger partial charge on any atom is -0.208 e. The molecular formula is C49H31N3. The van der Waals surface area contributed by atoms with Crippen molar-refractivity contribution in [3.8, 4) is 56.4 Å². The highest BCUT2D eigenvalue weighted by Crippen LogP contribution is 2.36. The van der Waals surface area contributed by atoms with Crippen LogP contribution in [0.3, 0.4) is 0 Å². The fraction of sp³-hybridized carbons (Fsp3) is 0. The van der Waals surface area contributed by atoms with Crippen LogP contribution in [0.15, 0.2) is 188 Å². The molecule has 3 nitrogen and oxygen atoms in total. The Morgan fingerprint density at radius 3 is 1.63 bits per heavy atom. The molecule has 242 valence electrons. The van der Waals surface area contributed by atoms with E-state index in [-0.39, 0.29) is 29.7 Å². The summed E-state index contributed by atoms with van der Waals surface area (Å²) < 4.78 is 41.2. The Balaban J connectivity index is 1.11. The van der Waals surface area contributed by atoms with Gasteiger partial charge in [-0.1, -0.05) is 170 Å².